The van der Waals surface area contributed by atoms with E-state index in [2.05, 4.69) is 15.3 Å². The minimum absolute atomic E-state index is 0.128. The second-order valence-corrected chi connectivity index (χ2v) is 6.04. The van der Waals surface area contributed by atoms with Crippen molar-refractivity contribution in [2.24, 2.45) is 0 Å². The zero-order valence-electron chi connectivity index (χ0n) is 13.7. The molecule has 25 heavy (non-hydrogen) atoms. The summed E-state index contributed by atoms with van der Waals surface area (Å²) in [5, 5.41) is 2.77. The van der Waals surface area contributed by atoms with Gasteiger partial charge in [0.1, 0.15) is 5.82 Å². The normalized spacial score (nSPS) is 10.6. The Balaban J connectivity index is 1.85. The number of nitrogens with one attached hydrogen (secondary N) is 1. The second kappa shape index (κ2) is 6.99. The van der Waals surface area contributed by atoms with Crippen molar-refractivity contribution in [3.05, 3.63) is 76.3 Å². The number of amides is 1. The molecule has 4 nitrogen and oxygen atoms in total. The summed E-state index contributed by atoms with van der Waals surface area (Å²) in [7, 11) is 0. The highest BCUT2D eigenvalue weighted by atomic mass is 35.5. The largest absolute Gasteiger partial charge is 0.321 e. The van der Waals surface area contributed by atoms with Crippen LogP contribution in [-0.4, -0.2) is 15.9 Å². The Labute approximate surface area is 149 Å². The summed E-state index contributed by atoms with van der Waals surface area (Å²) in [6, 6.07) is 11.6. The van der Waals surface area contributed by atoms with Gasteiger partial charge in [-0.25, -0.2) is 14.4 Å². The molecule has 3 rings (SSSR count). The monoisotopic (exact) mass is 355 g/mol. The number of benzene rings is 2. The van der Waals surface area contributed by atoms with Crippen LogP contribution in [0.2, 0.25) is 5.02 Å². The Morgan fingerprint density at radius 2 is 1.84 bits per heavy atom. The molecule has 0 aliphatic heterocycles. The average Bonchev–Trinajstić information content (AvgIpc) is 2.58. The number of anilines is 1. The molecule has 0 radical (unpaired) electrons. The lowest BCUT2D eigenvalue weighted by molar-refractivity contribution is 0.102. The summed E-state index contributed by atoms with van der Waals surface area (Å²) in [4.78, 5) is 21.1. The van der Waals surface area contributed by atoms with Crippen LogP contribution in [0.5, 0.6) is 0 Å². The third kappa shape index (κ3) is 3.83. The highest BCUT2D eigenvalue weighted by Crippen LogP contribution is 2.23. The number of nitrogens with zero attached hydrogens (tertiary/aromatic N) is 2. The first kappa shape index (κ1) is 17.0. The van der Waals surface area contributed by atoms with Crippen LogP contribution in [0.25, 0.3) is 11.4 Å². The lowest BCUT2D eigenvalue weighted by Crippen LogP contribution is -2.15. The smallest absolute Gasteiger partial charge is 0.259 e. The van der Waals surface area contributed by atoms with E-state index in [-0.39, 0.29) is 5.02 Å². The molecule has 0 spiro atoms. The second-order valence-electron chi connectivity index (χ2n) is 5.64. The van der Waals surface area contributed by atoms with Crippen LogP contribution in [0.4, 0.5) is 10.1 Å². The quantitative estimate of drug-likeness (QED) is 0.733. The van der Waals surface area contributed by atoms with Crippen LogP contribution in [0.1, 0.15) is 21.6 Å². The molecule has 0 saturated heterocycles. The number of aryl methyl sites for hydroxylation is 2. The molecule has 0 bridgehead atoms. The van der Waals surface area contributed by atoms with E-state index in [0.29, 0.717) is 22.8 Å². The van der Waals surface area contributed by atoms with E-state index >= 15 is 0 Å². The van der Waals surface area contributed by atoms with E-state index in [1.807, 2.05) is 31.2 Å². The van der Waals surface area contributed by atoms with Crippen molar-refractivity contribution in [1.29, 1.82) is 0 Å². The van der Waals surface area contributed by atoms with E-state index in [4.69, 9.17) is 11.6 Å². The van der Waals surface area contributed by atoms with Crippen LogP contribution in [-0.2, 0) is 0 Å². The van der Waals surface area contributed by atoms with Gasteiger partial charge in [0.05, 0.1) is 22.0 Å². The van der Waals surface area contributed by atoms with Gasteiger partial charge in [0.2, 0.25) is 0 Å². The molecule has 1 aromatic heterocycles. The van der Waals surface area contributed by atoms with Crippen molar-refractivity contribution in [3.63, 3.8) is 0 Å². The van der Waals surface area contributed by atoms with Crippen molar-refractivity contribution in [2.45, 2.75) is 13.8 Å². The highest BCUT2D eigenvalue weighted by Gasteiger charge is 2.14. The molecule has 2 aromatic carbocycles. The number of carbonyl (C=O) groups excluding carboxylic acids is 1. The number of carbonyl (C=O) groups is 1. The van der Waals surface area contributed by atoms with Crippen LogP contribution < -0.4 is 5.32 Å². The molecular weight excluding hydrogens is 341 g/mol. The van der Waals surface area contributed by atoms with Crippen LogP contribution >= 0.6 is 11.6 Å². The fourth-order valence-corrected chi connectivity index (χ4v) is 2.53. The lowest BCUT2D eigenvalue weighted by Gasteiger charge is -2.10. The Morgan fingerprint density at radius 1 is 1.12 bits per heavy atom. The number of hydrogen-bond acceptors (Lipinski definition) is 3. The number of aromatic nitrogens is 2. The van der Waals surface area contributed by atoms with Gasteiger partial charge in [-0.3, -0.25) is 4.79 Å². The van der Waals surface area contributed by atoms with Crippen molar-refractivity contribution < 1.29 is 9.18 Å². The summed E-state index contributed by atoms with van der Waals surface area (Å²) in [6.45, 7) is 3.74. The van der Waals surface area contributed by atoms with Gasteiger partial charge >= 0.3 is 0 Å². The molecule has 0 aliphatic carbocycles. The SMILES string of the molecule is Cc1ccc(-c2ncc(C(=O)Nc3ccc(F)cc3Cl)c(C)n2)cc1. The van der Waals surface area contributed by atoms with Crippen molar-refractivity contribution >= 4 is 23.2 Å². The van der Waals surface area contributed by atoms with Gasteiger partial charge in [0.25, 0.3) is 5.91 Å². The molecule has 0 fully saturated rings. The van der Waals surface area contributed by atoms with E-state index in [9.17, 15) is 9.18 Å². The van der Waals surface area contributed by atoms with Gasteiger partial charge in [-0.1, -0.05) is 41.4 Å². The highest BCUT2D eigenvalue weighted by molar-refractivity contribution is 6.33. The first-order valence-electron chi connectivity index (χ1n) is 7.61. The third-order valence-electron chi connectivity index (χ3n) is 3.71. The molecule has 126 valence electrons. The molecule has 1 heterocycles. The fraction of sp³-hybridized carbons (Fsp3) is 0.105. The predicted molar refractivity (Wildman–Crippen MR) is 96.3 cm³/mol. The summed E-state index contributed by atoms with van der Waals surface area (Å²) in [6.07, 6.45) is 1.48. The zero-order valence-corrected chi connectivity index (χ0v) is 14.4. The van der Waals surface area contributed by atoms with Crippen molar-refractivity contribution in [3.8, 4) is 11.4 Å². The lowest BCUT2D eigenvalue weighted by atomic mass is 10.1. The van der Waals surface area contributed by atoms with Gasteiger partial charge in [0.15, 0.2) is 5.82 Å². The first-order chi connectivity index (χ1) is 11.9. The van der Waals surface area contributed by atoms with E-state index in [1.54, 1.807) is 6.92 Å². The zero-order chi connectivity index (χ0) is 18.0. The summed E-state index contributed by atoms with van der Waals surface area (Å²) < 4.78 is 13.1. The Kier molecular flexibility index (Phi) is 4.76. The van der Waals surface area contributed by atoms with Crippen LogP contribution in [0.15, 0.2) is 48.7 Å². The van der Waals surface area contributed by atoms with Crippen LogP contribution in [0, 0.1) is 19.7 Å². The minimum Gasteiger partial charge on any atom is -0.321 e. The summed E-state index contributed by atoms with van der Waals surface area (Å²) >= 11 is 5.93. The van der Waals surface area contributed by atoms with Gasteiger partial charge in [-0.15, -0.1) is 0 Å². The Bertz CT molecular complexity index is 942. The van der Waals surface area contributed by atoms with Crippen molar-refractivity contribution in [2.75, 3.05) is 5.32 Å². The van der Waals surface area contributed by atoms with Gasteiger partial charge in [0, 0.05) is 11.8 Å². The van der Waals surface area contributed by atoms with E-state index in [0.717, 1.165) is 17.2 Å². The molecule has 0 saturated carbocycles. The third-order valence-corrected chi connectivity index (χ3v) is 4.03. The van der Waals surface area contributed by atoms with Gasteiger partial charge < -0.3 is 5.32 Å². The molecule has 6 heteroatoms. The van der Waals surface area contributed by atoms with E-state index < -0.39 is 11.7 Å². The van der Waals surface area contributed by atoms with E-state index in [1.165, 1.54) is 18.3 Å². The standard InChI is InChI=1S/C19H15ClFN3O/c1-11-3-5-13(6-4-11)18-22-10-15(12(2)23-18)19(25)24-17-8-7-14(21)9-16(17)20/h3-10H,1-2H3,(H,24,25). The minimum atomic E-state index is -0.468. The number of hydrogen-bond donors (Lipinski definition) is 1. The molecular formula is C19H15ClFN3O. The summed E-state index contributed by atoms with van der Waals surface area (Å²) in [5.74, 6) is -0.319. The average molecular weight is 356 g/mol. The van der Waals surface area contributed by atoms with Gasteiger partial charge in [-0.2, -0.15) is 0 Å². The fourth-order valence-electron chi connectivity index (χ4n) is 2.31. The molecule has 1 N–H and O–H groups in total. The maximum absolute atomic E-state index is 13.1. The van der Waals surface area contributed by atoms with Crippen molar-refractivity contribution in [1.82, 2.24) is 9.97 Å². The number of halogens is 2. The summed E-state index contributed by atoms with van der Waals surface area (Å²) in [5.41, 5.74) is 3.22. The maximum atomic E-state index is 13.1. The van der Waals surface area contributed by atoms with Crippen LogP contribution in [0.3, 0.4) is 0 Å². The predicted octanol–water partition coefficient (Wildman–Crippen LogP) is 4.81. The molecule has 3 aromatic rings. The first-order valence-corrected chi connectivity index (χ1v) is 7.99. The number of rotatable bonds is 3. The Morgan fingerprint density at radius 3 is 2.48 bits per heavy atom. The molecule has 0 atom stereocenters. The van der Waals surface area contributed by atoms with Gasteiger partial charge in [-0.05, 0) is 32.0 Å². The topological polar surface area (TPSA) is 54.9 Å². The molecule has 0 aliphatic rings. The Hall–Kier alpha value is -2.79. The maximum Gasteiger partial charge on any atom is 0.259 e. The molecule has 0 unspecified atom stereocenters. The molecule has 1 amide bonds.